The van der Waals surface area contributed by atoms with E-state index in [4.69, 9.17) is 9.26 Å². The van der Waals surface area contributed by atoms with Crippen LogP contribution in [0.3, 0.4) is 0 Å². The van der Waals surface area contributed by atoms with Crippen LogP contribution < -0.4 is 0 Å². The standard InChI is InChI=1S/C9H9N3O2/c1-13-6-8-2-3-10-9(12-8)7-4-11-14-5-7/h2-5H,6H2,1H3. The van der Waals surface area contributed by atoms with Gasteiger partial charge in [0.05, 0.1) is 24.1 Å². The number of rotatable bonds is 3. The van der Waals surface area contributed by atoms with Gasteiger partial charge in [0.1, 0.15) is 6.26 Å². The minimum absolute atomic E-state index is 0.473. The maximum atomic E-state index is 4.97. The van der Waals surface area contributed by atoms with Gasteiger partial charge in [-0.25, -0.2) is 9.97 Å². The molecule has 72 valence electrons. The molecule has 5 heteroatoms. The third-order valence-corrected chi connectivity index (χ3v) is 1.70. The molecule has 2 aromatic heterocycles. The lowest BCUT2D eigenvalue weighted by atomic mass is 10.3. The lowest BCUT2D eigenvalue weighted by Crippen LogP contribution is -1.95. The predicted molar refractivity (Wildman–Crippen MR) is 48.2 cm³/mol. The molecule has 2 rings (SSSR count). The van der Waals surface area contributed by atoms with Gasteiger partial charge in [-0.05, 0) is 6.07 Å². The number of nitrogens with zero attached hydrogens (tertiary/aromatic N) is 3. The van der Waals surface area contributed by atoms with Crippen LogP contribution in [0.1, 0.15) is 5.69 Å². The first kappa shape index (κ1) is 8.83. The van der Waals surface area contributed by atoms with Gasteiger partial charge in [0.25, 0.3) is 0 Å². The van der Waals surface area contributed by atoms with Crippen molar-refractivity contribution in [3.8, 4) is 11.4 Å². The molecule has 0 bridgehead atoms. The summed E-state index contributed by atoms with van der Waals surface area (Å²) < 4.78 is 9.68. The van der Waals surface area contributed by atoms with Gasteiger partial charge in [-0.1, -0.05) is 5.16 Å². The van der Waals surface area contributed by atoms with Crippen molar-refractivity contribution in [1.82, 2.24) is 15.1 Å². The molecule has 0 aromatic carbocycles. The summed E-state index contributed by atoms with van der Waals surface area (Å²) in [5, 5.41) is 3.59. The van der Waals surface area contributed by atoms with Crippen LogP contribution in [-0.4, -0.2) is 22.2 Å². The van der Waals surface area contributed by atoms with Gasteiger partial charge in [0.15, 0.2) is 5.82 Å². The van der Waals surface area contributed by atoms with Crippen molar-refractivity contribution >= 4 is 0 Å². The summed E-state index contributed by atoms with van der Waals surface area (Å²) >= 11 is 0. The van der Waals surface area contributed by atoms with Crippen molar-refractivity contribution in [2.75, 3.05) is 7.11 Å². The second kappa shape index (κ2) is 3.97. The highest BCUT2D eigenvalue weighted by Gasteiger charge is 2.04. The fraction of sp³-hybridized carbons (Fsp3) is 0.222. The zero-order chi connectivity index (χ0) is 9.80. The van der Waals surface area contributed by atoms with Crippen molar-refractivity contribution < 1.29 is 9.26 Å². The third-order valence-electron chi connectivity index (χ3n) is 1.70. The van der Waals surface area contributed by atoms with Crippen LogP contribution in [0.4, 0.5) is 0 Å². The summed E-state index contributed by atoms with van der Waals surface area (Å²) in [6.07, 6.45) is 4.77. The second-order valence-electron chi connectivity index (χ2n) is 2.72. The van der Waals surface area contributed by atoms with E-state index >= 15 is 0 Å². The molecule has 0 aliphatic carbocycles. The summed E-state index contributed by atoms with van der Waals surface area (Å²) in [4.78, 5) is 8.37. The number of methoxy groups -OCH3 is 1. The van der Waals surface area contributed by atoms with E-state index in [1.54, 1.807) is 25.6 Å². The molecule has 0 fully saturated rings. The van der Waals surface area contributed by atoms with E-state index in [-0.39, 0.29) is 0 Å². The van der Waals surface area contributed by atoms with Crippen LogP contribution in [0.25, 0.3) is 11.4 Å². The monoisotopic (exact) mass is 191 g/mol. The number of hydrogen-bond donors (Lipinski definition) is 0. The molecule has 2 aromatic rings. The highest BCUT2D eigenvalue weighted by molar-refractivity contribution is 5.50. The van der Waals surface area contributed by atoms with Gasteiger partial charge in [-0.3, -0.25) is 0 Å². The van der Waals surface area contributed by atoms with Crippen LogP contribution >= 0.6 is 0 Å². The maximum Gasteiger partial charge on any atom is 0.164 e. The van der Waals surface area contributed by atoms with E-state index in [0.717, 1.165) is 11.3 Å². The van der Waals surface area contributed by atoms with Gasteiger partial charge < -0.3 is 9.26 Å². The molecule has 2 heterocycles. The first-order valence-corrected chi connectivity index (χ1v) is 4.11. The fourth-order valence-corrected chi connectivity index (χ4v) is 1.08. The van der Waals surface area contributed by atoms with E-state index in [1.165, 1.54) is 6.26 Å². The van der Waals surface area contributed by atoms with Gasteiger partial charge in [0.2, 0.25) is 0 Å². The fourth-order valence-electron chi connectivity index (χ4n) is 1.08. The van der Waals surface area contributed by atoms with Gasteiger partial charge >= 0.3 is 0 Å². The molecule has 0 atom stereocenters. The van der Waals surface area contributed by atoms with Crippen molar-refractivity contribution in [3.63, 3.8) is 0 Å². The van der Waals surface area contributed by atoms with Crippen molar-refractivity contribution in [3.05, 3.63) is 30.4 Å². The first-order valence-electron chi connectivity index (χ1n) is 4.11. The molecule has 0 N–H and O–H groups in total. The molecular formula is C9H9N3O2. The van der Waals surface area contributed by atoms with E-state index in [0.29, 0.717) is 12.4 Å². The molecule has 0 radical (unpaired) electrons. The molecule has 0 spiro atoms. The lowest BCUT2D eigenvalue weighted by molar-refractivity contribution is 0.181. The van der Waals surface area contributed by atoms with Crippen LogP contribution in [-0.2, 0) is 11.3 Å². The lowest BCUT2D eigenvalue weighted by Gasteiger charge is -1.99. The average Bonchev–Trinajstić information content (AvgIpc) is 2.71. The normalized spacial score (nSPS) is 10.4. The van der Waals surface area contributed by atoms with Gasteiger partial charge in [0, 0.05) is 13.3 Å². The Hall–Kier alpha value is -1.75. The minimum atomic E-state index is 0.473. The average molecular weight is 191 g/mol. The Labute approximate surface area is 80.7 Å². The Balaban J connectivity index is 2.31. The molecule has 14 heavy (non-hydrogen) atoms. The van der Waals surface area contributed by atoms with E-state index < -0.39 is 0 Å². The molecule has 0 saturated heterocycles. The molecule has 5 nitrogen and oxygen atoms in total. The summed E-state index contributed by atoms with van der Waals surface area (Å²) in [5.74, 6) is 0.598. The van der Waals surface area contributed by atoms with Crippen LogP contribution in [0.5, 0.6) is 0 Å². The molecule has 0 aliphatic heterocycles. The summed E-state index contributed by atoms with van der Waals surface area (Å²) in [5.41, 5.74) is 1.60. The highest BCUT2D eigenvalue weighted by atomic mass is 16.5. The van der Waals surface area contributed by atoms with E-state index in [2.05, 4.69) is 15.1 Å². The zero-order valence-corrected chi connectivity index (χ0v) is 7.67. The van der Waals surface area contributed by atoms with Gasteiger partial charge in [-0.15, -0.1) is 0 Å². The summed E-state index contributed by atoms with van der Waals surface area (Å²) in [6, 6.07) is 1.81. The molecule has 0 saturated carbocycles. The Kier molecular flexibility index (Phi) is 2.51. The number of ether oxygens (including phenoxy) is 1. The first-order chi connectivity index (χ1) is 6.90. The number of hydrogen-bond acceptors (Lipinski definition) is 5. The Morgan fingerprint density at radius 3 is 3.14 bits per heavy atom. The summed E-state index contributed by atoms with van der Waals surface area (Å²) in [7, 11) is 1.63. The Morgan fingerprint density at radius 1 is 1.50 bits per heavy atom. The van der Waals surface area contributed by atoms with Crippen molar-refractivity contribution in [2.24, 2.45) is 0 Å². The van der Waals surface area contributed by atoms with Crippen molar-refractivity contribution in [1.29, 1.82) is 0 Å². The van der Waals surface area contributed by atoms with Crippen molar-refractivity contribution in [2.45, 2.75) is 6.61 Å². The molecule has 0 unspecified atom stereocenters. The SMILES string of the molecule is COCc1ccnc(-c2cnoc2)n1. The second-order valence-corrected chi connectivity index (χ2v) is 2.72. The van der Waals surface area contributed by atoms with E-state index in [9.17, 15) is 0 Å². The van der Waals surface area contributed by atoms with Gasteiger partial charge in [-0.2, -0.15) is 0 Å². The third kappa shape index (κ3) is 1.77. The Morgan fingerprint density at radius 2 is 2.43 bits per heavy atom. The van der Waals surface area contributed by atoms with E-state index in [1.807, 2.05) is 0 Å². The molecule has 0 aliphatic rings. The smallest absolute Gasteiger partial charge is 0.164 e. The Bertz CT molecular complexity index is 400. The topological polar surface area (TPSA) is 61.0 Å². The quantitative estimate of drug-likeness (QED) is 0.731. The summed E-state index contributed by atoms with van der Waals surface area (Å²) in [6.45, 7) is 0.473. The molecular weight excluding hydrogens is 182 g/mol. The zero-order valence-electron chi connectivity index (χ0n) is 7.67. The van der Waals surface area contributed by atoms with Crippen LogP contribution in [0.2, 0.25) is 0 Å². The highest BCUT2D eigenvalue weighted by Crippen LogP contribution is 2.12. The van der Waals surface area contributed by atoms with Crippen LogP contribution in [0, 0.1) is 0 Å². The number of aromatic nitrogens is 3. The predicted octanol–water partition coefficient (Wildman–Crippen LogP) is 1.28. The minimum Gasteiger partial charge on any atom is -0.378 e. The van der Waals surface area contributed by atoms with Crippen LogP contribution in [0.15, 0.2) is 29.2 Å². The molecule has 0 amide bonds. The maximum absolute atomic E-state index is 4.97. The largest absolute Gasteiger partial charge is 0.378 e.